The maximum atomic E-state index is 12.7. The SMILES string of the molecule is O=C(NC1CCN(C(=O)c2ccc(-c3ccccc3)cc2)CC1)C1CC1. The lowest BCUT2D eigenvalue weighted by Crippen LogP contribution is -2.46. The van der Waals surface area contributed by atoms with Gasteiger partial charge in [-0.3, -0.25) is 9.59 Å². The van der Waals surface area contributed by atoms with Crippen molar-refractivity contribution in [1.82, 2.24) is 10.2 Å². The molecule has 0 spiro atoms. The molecule has 2 aromatic carbocycles. The largest absolute Gasteiger partial charge is 0.353 e. The molecular weight excluding hydrogens is 324 g/mol. The van der Waals surface area contributed by atoms with Gasteiger partial charge in [0.05, 0.1) is 0 Å². The van der Waals surface area contributed by atoms with Gasteiger partial charge in [0.1, 0.15) is 0 Å². The van der Waals surface area contributed by atoms with E-state index in [4.69, 9.17) is 0 Å². The summed E-state index contributed by atoms with van der Waals surface area (Å²) in [6, 6.07) is 18.2. The van der Waals surface area contributed by atoms with Crippen LogP contribution >= 0.6 is 0 Å². The van der Waals surface area contributed by atoms with E-state index in [1.165, 1.54) is 0 Å². The number of rotatable bonds is 4. The van der Waals surface area contributed by atoms with Crippen molar-refractivity contribution in [3.8, 4) is 11.1 Å². The highest BCUT2D eigenvalue weighted by molar-refractivity contribution is 5.94. The third-order valence-corrected chi connectivity index (χ3v) is 5.32. The number of hydrogen-bond acceptors (Lipinski definition) is 2. The van der Waals surface area contributed by atoms with Crippen LogP contribution in [0.3, 0.4) is 0 Å². The molecule has 0 radical (unpaired) electrons. The van der Waals surface area contributed by atoms with Gasteiger partial charge < -0.3 is 10.2 Å². The van der Waals surface area contributed by atoms with E-state index in [-0.39, 0.29) is 23.8 Å². The van der Waals surface area contributed by atoms with Gasteiger partial charge in [0.2, 0.25) is 5.91 Å². The predicted octanol–water partition coefficient (Wildman–Crippen LogP) is 3.48. The average molecular weight is 348 g/mol. The number of nitrogens with zero attached hydrogens (tertiary/aromatic N) is 1. The highest BCUT2D eigenvalue weighted by atomic mass is 16.2. The van der Waals surface area contributed by atoms with Crippen LogP contribution in [-0.4, -0.2) is 35.8 Å². The van der Waals surface area contributed by atoms with E-state index in [1.807, 2.05) is 47.4 Å². The second-order valence-corrected chi connectivity index (χ2v) is 7.29. The Labute approximate surface area is 154 Å². The summed E-state index contributed by atoms with van der Waals surface area (Å²) in [6.45, 7) is 1.41. The highest BCUT2D eigenvalue weighted by Gasteiger charge is 2.32. The van der Waals surface area contributed by atoms with Gasteiger partial charge in [0.25, 0.3) is 5.91 Å². The summed E-state index contributed by atoms with van der Waals surface area (Å²) in [6.07, 6.45) is 3.74. The van der Waals surface area contributed by atoms with E-state index in [2.05, 4.69) is 17.4 Å². The van der Waals surface area contributed by atoms with Crippen LogP contribution in [0, 0.1) is 5.92 Å². The fourth-order valence-corrected chi connectivity index (χ4v) is 3.51. The smallest absolute Gasteiger partial charge is 0.253 e. The molecule has 0 bridgehead atoms. The van der Waals surface area contributed by atoms with Crippen LogP contribution in [0.2, 0.25) is 0 Å². The Balaban J connectivity index is 1.34. The third-order valence-electron chi connectivity index (χ3n) is 5.32. The van der Waals surface area contributed by atoms with Crippen LogP contribution < -0.4 is 5.32 Å². The quantitative estimate of drug-likeness (QED) is 0.919. The number of likely N-dealkylation sites (tertiary alicyclic amines) is 1. The summed E-state index contributed by atoms with van der Waals surface area (Å²) < 4.78 is 0. The fourth-order valence-electron chi connectivity index (χ4n) is 3.51. The summed E-state index contributed by atoms with van der Waals surface area (Å²) in [4.78, 5) is 26.5. The number of carbonyl (C=O) groups is 2. The molecule has 4 rings (SSSR count). The summed E-state index contributed by atoms with van der Waals surface area (Å²) in [5.74, 6) is 0.528. The Morgan fingerprint density at radius 2 is 1.42 bits per heavy atom. The summed E-state index contributed by atoms with van der Waals surface area (Å²) >= 11 is 0. The minimum atomic E-state index is 0.0802. The van der Waals surface area contributed by atoms with Gasteiger partial charge in [-0.05, 0) is 48.9 Å². The van der Waals surface area contributed by atoms with E-state index in [0.717, 1.165) is 42.4 Å². The second kappa shape index (κ2) is 7.32. The average Bonchev–Trinajstić information content (AvgIpc) is 3.54. The number of amides is 2. The molecule has 0 atom stereocenters. The van der Waals surface area contributed by atoms with Gasteiger partial charge in [0, 0.05) is 30.6 Å². The molecule has 1 aliphatic heterocycles. The molecule has 0 unspecified atom stereocenters. The van der Waals surface area contributed by atoms with Gasteiger partial charge in [-0.1, -0.05) is 42.5 Å². The van der Waals surface area contributed by atoms with Crippen molar-refractivity contribution in [2.75, 3.05) is 13.1 Å². The van der Waals surface area contributed by atoms with Crippen LogP contribution in [0.1, 0.15) is 36.0 Å². The first kappa shape index (κ1) is 16.8. The molecule has 1 aliphatic carbocycles. The Morgan fingerprint density at radius 1 is 0.808 bits per heavy atom. The molecule has 1 N–H and O–H groups in total. The molecule has 2 aromatic rings. The molecule has 4 nitrogen and oxygen atoms in total. The van der Waals surface area contributed by atoms with Gasteiger partial charge in [-0.15, -0.1) is 0 Å². The predicted molar refractivity (Wildman–Crippen MR) is 102 cm³/mol. The Morgan fingerprint density at radius 3 is 2.04 bits per heavy atom. The van der Waals surface area contributed by atoms with Crippen LogP contribution in [0.15, 0.2) is 54.6 Å². The van der Waals surface area contributed by atoms with Gasteiger partial charge in [0.15, 0.2) is 0 Å². The van der Waals surface area contributed by atoms with E-state index >= 15 is 0 Å². The number of piperidine rings is 1. The molecule has 2 aliphatic rings. The Kier molecular flexibility index (Phi) is 4.74. The van der Waals surface area contributed by atoms with Crippen molar-refractivity contribution >= 4 is 11.8 Å². The van der Waals surface area contributed by atoms with Crippen molar-refractivity contribution < 1.29 is 9.59 Å². The Hall–Kier alpha value is -2.62. The van der Waals surface area contributed by atoms with E-state index in [1.54, 1.807) is 0 Å². The number of benzene rings is 2. The minimum Gasteiger partial charge on any atom is -0.353 e. The van der Waals surface area contributed by atoms with Crippen LogP contribution in [0.4, 0.5) is 0 Å². The topological polar surface area (TPSA) is 49.4 Å². The molecular formula is C22H24N2O2. The van der Waals surface area contributed by atoms with Gasteiger partial charge in [-0.25, -0.2) is 0 Å². The fraction of sp³-hybridized carbons (Fsp3) is 0.364. The number of hydrogen-bond donors (Lipinski definition) is 1. The molecule has 2 amide bonds. The lowest BCUT2D eigenvalue weighted by atomic mass is 10.0. The van der Waals surface area contributed by atoms with E-state index in [0.29, 0.717) is 13.1 Å². The lowest BCUT2D eigenvalue weighted by Gasteiger charge is -2.32. The summed E-state index contributed by atoms with van der Waals surface area (Å²) in [5.41, 5.74) is 2.99. The molecule has 0 aromatic heterocycles. The van der Waals surface area contributed by atoms with Crippen molar-refractivity contribution in [2.45, 2.75) is 31.7 Å². The van der Waals surface area contributed by atoms with Gasteiger partial charge in [-0.2, -0.15) is 0 Å². The maximum absolute atomic E-state index is 12.7. The molecule has 134 valence electrons. The van der Waals surface area contributed by atoms with Crippen molar-refractivity contribution in [3.05, 3.63) is 60.2 Å². The van der Waals surface area contributed by atoms with Crippen LogP contribution in [0.5, 0.6) is 0 Å². The monoisotopic (exact) mass is 348 g/mol. The van der Waals surface area contributed by atoms with Crippen molar-refractivity contribution in [1.29, 1.82) is 0 Å². The number of carbonyl (C=O) groups excluding carboxylic acids is 2. The van der Waals surface area contributed by atoms with Crippen molar-refractivity contribution in [2.24, 2.45) is 5.92 Å². The summed E-state index contributed by atoms with van der Waals surface area (Å²) in [5, 5.41) is 3.13. The normalized spacial score (nSPS) is 17.8. The van der Waals surface area contributed by atoms with Crippen LogP contribution in [0.25, 0.3) is 11.1 Å². The molecule has 2 fully saturated rings. The lowest BCUT2D eigenvalue weighted by molar-refractivity contribution is -0.123. The standard InChI is InChI=1S/C22H24N2O2/c25-21(18-8-9-18)23-20-12-14-24(15-13-20)22(26)19-10-6-17(7-11-19)16-4-2-1-3-5-16/h1-7,10-11,18,20H,8-9,12-15H2,(H,23,25). The van der Waals surface area contributed by atoms with Crippen LogP contribution in [-0.2, 0) is 4.79 Å². The second-order valence-electron chi connectivity index (χ2n) is 7.29. The first-order valence-electron chi connectivity index (χ1n) is 9.46. The minimum absolute atomic E-state index is 0.0802. The molecule has 1 heterocycles. The van der Waals surface area contributed by atoms with Gasteiger partial charge >= 0.3 is 0 Å². The Bertz CT molecular complexity index is 774. The number of nitrogens with one attached hydrogen (secondary N) is 1. The summed E-state index contributed by atoms with van der Waals surface area (Å²) in [7, 11) is 0. The maximum Gasteiger partial charge on any atom is 0.253 e. The zero-order chi connectivity index (χ0) is 17.9. The van der Waals surface area contributed by atoms with E-state index in [9.17, 15) is 9.59 Å². The first-order valence-corrected chi connectivity index (χ1v) is 9.46. The van der Waals surface area contributed by atoms with Crippen molar-refractivity contribution in [3.63, 3.8) is 0 Å². The molecule has 1 saturated heterocycles. The third kappa shape index (κ3) is 3.79. The molecule has 4 heteroatoms. The first-order chi connectivity index (χ1) is 12.7. The van der Waals surface area contributed by atoms with E-state index < -0.39 is 0 Å². The molecule has 26 heavy (non-hydrogen) atoms. The molecule has 1 saturated carbocycles. The zero-order valence-corrected chi connectivity index (χ0v) is 14.9. The highest BCUT2D eigenvalue weighted by Crippen LogP contribution is 2.29. The zero-order valence-electron chi connectivity index (χ0n) is 14.9.